The number of nitrogens with zero attached hydrogens (tertiary/aromatic N) is 1. The predicted octanol–water partition coefficient (Wildman–Crippen LogP) is 3.45. The van der Waals surface area contributed by atoms with Gasteiger partial charge in [-0.3, -0.25) is 0 Å². The molecule has 3 fully saturated rings. The lowest BCUT2D eigenvalue weighted by Gasteiger charge is -2.19. The van der Waals surface area contributed by atoms with Crippen molar-refractivity contribution in [1.29, 1.82) is 0 Å². The van der Waals surface area contributed by atoms with E-state index in [1.54, 1.807) is 6.42 Å². The summed E-state index contributed by atoms with van der Waals surface area (Å²) in [4.78, 5) is 2.16. The highest BCUT2D eigenvalue weighted by Crippen LogP contribution is 2.65. The fraction of sp³-hybridized carbons (Fsp3) is 0.667. The zero-order valence-electron chi connectivity index (χ0n) is 12.8. The average Bonchev–Trinajstić information content (AvgIpc) is 2.84. The monoisotopic (exact) mass is 270 g/mol. The third kappa shape index (κ3) is 1.88. The van der Waals surface area contributed by atoms with Crippen molar-refractivity contribution in [2.45, 2.75) is 38.3 Å². The van der Waals surface area contributed by atoms with Crippen molar-refractivity contribution in [3.8, 4) is 0 Å². The van der Waals surface area contributed by atoms with E-state index < -0.39 is 0 Å². The first-order chi connectivity index (χ1) is 9.65. The molecule has 108 valence electrons. The van der Waals surface area contributed by atoms with Crippen LogP contribution in [0.1, 0.15) is 37.8 Å². The summed E-state index contributed by atoms with van der Waals surface area (Å²) in [6.45, 7) is 2.32. The number of anilines is 1. The third-order valence-electron chi connectivity index (χ3n) is 6.09. The Hall–Kier alpha value is -1.02. The van der Waals surface area contributed by atoms with Gasteiger partial charge < -0.3 is 10.2 Å². The summed E-state index contributed by atoms with van der Waals surface area (Å²) in [6.07, 6.45) is 4.56. The van der Waals surface area contributed by atoms with E-state index in [9.17, 15) is 0 Å². The number of nitrogens with one attached hydrogen (secondary N) is 1. The minimum absolute atomic E-state index is 0.487. The van der Waals surface area contributed by atoms with Crippen LogP contribution < -0.4 is 10.2 Å². The highest BCUT2D eigenvalue weighted by Gasteiger charge is 2.64. The van der Waals surface area contributed by atoms with Crippen LogP contribution in [0.5, 0.6) is 0 Å². The van der Waals surface area contributed by atoms with Crippen molar-refractivity contribution in [3.05, 3.63) is 29.8 Å². The van der Waals surface area contributed by atoms with Crippen LogP contribution in [0.2, 0.25) is 0 Å². The van der Waals surface area contributed by atoms with Crippen LogP contribution in [0.15, 0.2) is 24.3 Å². The summed E-state index contributed by atoms with van der Waals surface area (Å²) in [5.41, 5.74) is 2.70. The second-order valence-electron chi connectivity index (χ2n) is 7.39. The van der Waals surface area contributed by atoms with Gasteiger partial charge in [0.15, 0.2) is 0 Å². The van der Waals surface area contributed by atoms with Crippen molar-refractivity contribution >= 4 is 5.69 Å². The first-order valence-corrected chi connectivity index (χ1v) is 8.18. The lowest BCUT2D eigenvalue weighted by atomic mass is 10.0. The lowest BCUT2D eigenvalue weighted by molar-refractivity contribution is 0.433. The van der Waals surface area contributed by atoms with Gasteiger partial charge in [-0.2, -0.15) is 0 Å². The molecule has 2 nitrogen and oxygen atoms in total. The molecule has 0 saturated heterocycles. The zero-order chi connectivity index (χ0) is 13.9. The molecule has 2 heteroatoms. The van der Waals surface area contributed by atoms with Crippen molar-refractivity contribution in [2.24, 2.45) is 23.7 Å². The van der Waals surface area contributed by atoms with Crippen LogP contribution >= 0.6 is 0 Å². The zero-order valence-corrected chi connectivity index (χ0v) is 12.8. The van der Waals surface area contributed by atoms with E-state index in [1.807, 2.05) is 0 Å². The van der Waals surface area contributed by atoms with E-state index >= 15 is 0 Å². The van der Waals surface area contributed by atoms with Crippen LogP contribution in [-0.2, 0) is 0 Å². The number of hydrogen-bond donors (Lipinski definition) is 1. The highest BCUT2D eigenvalue weighted by atomic mass is 15.1. The molecule has 5 atom stereocenters. The molecule has 0 spiro atoms. The van der Waals surface area contributed by atoms with Crippen LogP contribution in [0.4, 0.5) is 5.69 Å². The molecule has 0 heterocycles. The van der Waals surface area contributed by atoms with Gasteiger partial charge in [-0.15, -0.1) is 0 Å². The molecule has 1 aromatic carbocycles. The van der Waals surface area contributed by atoms with Gasteiger partial charge in [0.1, 0.15) is 0 Å². The van der Waals surface area contributed by atoms with E-state index in [2.05, 4.69) is 55.5 Å². The number of benzene rings is 1. The summed E-state index contributed by atoms with van der Waals surface area (Å²) in [6, 6.07) is 10.3. The Morgan fingerprint density at radius 1 is 1.05 bits per heavy atom. The van der Waals surface area contributed by atoms with Crippen molar-refractivity contribution in [3.63, 3.8) is 0 Å². The molecule has 0 aromatic heterocycles. The third-order valence-corrected chi connectivity index (χ3v) is 6.09. The summed E-state index contributed by atoms with van der Waals surface area (Å²) in [5.74, 6) is 4.17. The Kier molecular flexibility index (Phi) is 2.85. The van der Waals surface area contributed by atoms with Gasteiger partial charge >= 0.3 is 0 Å². The van der Waals surface area contributed by atoms with E-state index in [1.165, 1.54) is 24.1 Å². The fourth-order valence-corrected chi connectivity index (χ4v) is 4.99. The maximum absolute atomic E-state index is 3.91. The van der Waals surface area contributed by atoms with Gasteiger partial charge in [-0.1, -0.05) is 12.1 Å². The van der Waals surface area contributed by atoms with Gasteiger partial charge in [0, 0.05) is 31.9 Å². The minimum atomic E-state index is 0.487. The first kappa shape index (κ1) is 12.7. The van der Waals surface area contributed by atoms with Gasteiger partial charge in [0.25, 0.3) is 0 Å². The Balaban J connectivity index is 1.40. The number of fused-ring (bicyclic) bond motifs is 5. The Morgan fingerprint density at radius 3 is 2.20 bits per heavy atom. The molecule has 4 rings (SSSR count). The molecular weight excluding hydrogens is 244 g/mol. The predicted molar refractivity (Wildman–Crippen MR) is 83.9 cm³/mol. The lowest BCUT2D eigenvalue weighted by Crippen LogP contribution is -2.26. The normalized spacial score (nSPS) is 38.6. The maximum atomic E-state index is 3.91. The summed E-state index contributed by atoms with van der Waals surface area (Å²) >= 11 is 0. The van der Waals surface area contributed by atoms with E-state index in [0.29, 0.717) is 6.04 Å². The Morgan fingerprint density at radius 2 is 1.65 bits per heavy atom. The summed E-state index contributed by atoms with van der Waals surface area (Å²) < 4.78 is 0. The minimum Gasteiger partial charge on any atom is -0.378 e. The Bertz CT molecular complexity index is 477. The van der Waals surface area contributed by atoms with E-state index in [0.717, 1.165) is 29.7 Å². The van der Waals surface area contributed by atoms with Crippen molar-refractivity contribution in [2.75, 3.05) is 19.0 Å². The second-order valence-corrected chi connectivity index (χ2v) is 7.39. The van der Waals surface area contributed by atoms with Gasteiger partial charge in [0.2, 0.25) is 0 Å². The topological polar surface area (TPSA) is 15.3 Å². The number of hydrogen-bond acceptors (Lipinski definition) is 2. The maximum Gasteiger partial charge on any atom is 0.0361 e. The van der Waals surface area contributed by atoms with Crippen LogP contribution in [0, 0.1) is 23.7 Å². The molecule has 3 aliphatic carbocycles. The largest absolute Gasteiger partial charge is 0.378 e. The molecular formula is C18H26N2. The quantitative estimate of drug-likeness (QED) is 0.901. The van der Waals surface area contributed by atoms with E-state index in [4.69, 9.17) is 0 Å². The van der Waals surface area contributed by atoms with Crippen molar-refractivity contribution in [1.82, 2.24) is 5.32 Å². The molecule has 5 unspecified atom stereocenters. The molecule has 0 radical (unpaired) electrons. The molecule has 0 amide bonds. The smallest absolute Gasteiger partial charge is 0.0361 e. The van der Waals surface area contributed by atoms with Gasteiger partial charge in [-0.25, -0.2) is 0 Å². The molecule has 2 bridgehead atoms. The molecule has 0 aliphatic heterocycles. The molecule has 3 saturated carbocycles. The highest BCUT2D eigenvalue weighted by molar-refractivity contribution is 5.46. The van der Waals surface area contributed by atoms with Crippen LogP contribution in [0.25, 0.3) is 0 Å². The fourth-order valence-electron chi connectivity index (χ4n) is 4.99. The second kappa shape index (κ2) is 4.49. The Labute approximate surface area is 122 Å². The SMILES string of the molecule is CC(NC1C2C3CCC(C3)C12)c1ccc(N(C)C)cc1. The van der Waals surface area contributed by atoms with Crippen LogP contribution in [-0.4, -0.2) is 20.1 Å². The average molecular weight is 270 g/mol. The number of rotatable bonds is 4. The van der Waals surface area contributed by atoms with Gasteiger partial charge in [0.05, 0.1) is 0 Å². The molecule has 20 heavy (non-hydrogen) atoms. The first-order valence-electron chi connectivity index (χ1n) is 8.18. The summed E-state index contributed by atoms with van der Waals surface area (Å²) in [7, 11) is 4.19. The van der Waals surface area contributed by atoms with E-state index in [-0.39, 0.29) is 0 Å². The van der Waals surface area contributed by atoms with Crippen LogP contribution in [0.3, 0.4) is 0 Å². The molecule has 1 aromatic rings. The standard InChI is InChI=1S/C18H26N2/c1-11(12-6-8-15(9-7-12)20(2)3)19-18-16-13-4-5-14(10-13)17(16)18/h6-9,11,13-14,16-19H,4-5,10H2,1-3H3. The molecule has 1 N–H and O–H groups in total. The van der Waals surface area contributed by atoms with Crippen molar-refractivity contribution < 1.29 is 0 Å². The molecule has 3 aliphatic rings. The van der Waals surface area contributed by atoms with Gasteiger partial charge in [-0.05, 0) is 67.6 Å². The summed E-state index contributed by atoms with van der Waals surface area (Å²) in [5, 5.41) is 3.91.